The van der Waals surface area contributed by atoms with E-state index in [4.69, 9.17) is 18.9 Å². The highest BCUT2D eigenvalue weighted by atomic mass is 16.7. The highest BCUT2D eigenvalue weighted by Crippen LogP contribution is 2.41. The van der Waals surface area contributed by atoms with Gasteiger partial charge in [-0.25, -0.2) is 9.59 Å². The van der Waals surface area contributed by atoms with Gasteiger partial charge in [0.25, 0.3) is 5.69 Å². The van der Waals surface area contributed by atoms with Gasteiger partial charge < -0.3 is 29.4 Å². The number of hydrogen-bond acceptors (Lipinski definition) is 9. The lowest BCUT2D eigenvalue weighted by molar-refractivity contribution is -0.385. The van der Waals surface area contributed by atoms with E-state index in [0.29, 0.717) is 5.56 Å². The molecule has 3 rings (SSSR count). The number of benzene rings is 2. The number of carbonyl (C=O) groups is 2. The molecule has 11 nitrogen and oxygen atoms in total. The van der Waals surface area contributed by atoms with E-state index in [0.717, 1.165) is 6.07 Å². The number of hydrogen-bond donors (Lipinski definition) is 2. The normalized spacial score (nSPS) is 13.7. The SMILES string of the molecule is CCOC(=O)[C@H](O)[C@@H](NC(=O)OCc1ccccc1)c1cc2c(cc1[N+](=O)[O-])OCO2. The minimum Gasteiger partial charge on any atom is -0.464 e. The first kappa shape index (κ1) is 21.8. The number of nitro groups is 1. The molecule has 0 fully saturated rings. The lowest BCUT2D eigenvalue weighted by atomic mass is 9.98. The molecule has 1 aliphatic rings. The Hall–Kier alpha value is -3.86. The van der Waals surface area contributed by atoms with E-state index >= 15 is 0 Å². The summed E-state index contributed by atoms with van der Waals surface area (Å²) in [6.07, 6.45) is -2.94. The van der Waals surface area contributed by atoms with Crippen molar-refractivity contribution < 1.29 is 38.6 Å². The number of nitro benzene ring substituents is 1. The summed E-state index contributed by atoms with van der Waals surface area (Å²) in [7, 11) is 0. The van der Waals surface area contributed by atoms with Crippen molar-refractivity contribution in [2.24, 2.45) is 0 Å². The molecule has 0 spiro atoms. The number of nitrogens with zero attached hydrogens (tertiary/aromatic N) is 1. The van der Waals surface area contributed by atoms with Gasteiger partial charge in [0.2, 0.25) is 6.79 Å². The number of alkyl carbamates (subject to hydrolysis) is 1. The molecule has 0 radical (unpaired) electrons. The summed E-state index contributed by atoms with van der Waals surface area (Å²) in [5, 5.41) is 24.4. The van der Waals surface area contributed by atoms with E-state index in [-0.39, 0.29) is 37.1 Å². The molecule has 0 aliphatic carbocycles. The van der Waals surface area contributed by atoms with Crippen molar-refractivity contribution in [2.75, 3.05) is 13.4 Å². The quantitative estimate of drug-likeness (QED) is 0.364. The van der Waals surface area contributed by atoms with Gasteiger partial charge in [-0.15, -0.1) is 0 Å². The molecule has 2 aromatic rings. The monoisotopic (exact) mass is 432 g/mol. The second kappa shape index (κ2) is 9.76. The molecular weight excluding hydrogens is 412 g/mol. The number of fused-ring (bicyclic) bond motifs is 1. The van der Waals surface area contributed by atoms with Crippen LogP contribution in [0.1, 0.15) is 24.1 Å². The molecule has 1 amide bonds. The topological polar surface area (TPSA) is 146 Å². The summed E-state index contributed by atoms with van der Waals surface area (Å²) >= 11 is 0. The zero-order valence-corrected chi connectivity index (χ0v) is 16.5. The van der Waals surface area contributed by atoms with E-state index in [9.17, 15) is 24.8 Å². The zero-order chi connectivity index (χ0) is 22.4. The summed E-state index contributed by atoms with van der Waals surface area (Å²) in [5.41, 5.74) is 0.0432. The summed E-state index contributed by atoms with van der Waals surface area (Å²) in [6.45, 7) is 1.26. The van der Waals surface area contributed by atoms with Crippen LogP contribution in [0.3, 0.4) is 0 Å². The van der Waals surface area contributed by atoms with Crippen LogP contribution in [0.15, 0.2) is 42.5 Å². The molecule has 0 aromatic heterocycles. The maximum atomic E-state index is 12.4. The number of nitrogens with one attached hydrogen (secondary N) is 1. The molecule has 164 valence electrons. The van der Waals surface area contributed by atoms with Gasteiger partial charge in [0.15, 0.2) is 17.6 Å². The number of aliphatic hydroxyl groups is 1. The smallest absolute Gasteiger partial charge is 0.408 e. The van der Waals surface area contributed by atoms with Crippen LogP contribution >= 0.6 is 0 Å². The van der Waals surface area contributed by atoms with Gasteiger partial charge in [0, 0.05) is 0 Å². The molecule has 0 bridgehead atoms. The fraction of sp³-hybridized carbons (Fsp3) is 0.300. The van der Waals surface area contributed by atoms with Crippen LogP contribution in [0.2, 0.25) is 0 Å². The molecule has 2 aromatic carbocycles. The van der Waals surface area contributed by atoms with Crippen molar-refractivity contribution in [1.82, 2.24) is 5.32 Å². The molecule has 31 heavy (non-hydrogen) atoms. The van der Waals surface area contributed by atoms with E-state index < -0.39 is 34.8 Å². The summed E-state index contributed by atoms with van der Waals surface area (Å²) < 4.78 is 20.3. The van der Waals surface area contributed by atoms with Crippen molar-refractivity contribution in [2.45, 2.75) is 25.7 Å². The Balaban J connectivity index is 1.89. The van der Waals surface area contributed by atoms with Gasteiger partial charge in [-0.2, -0.15) is 0 Å². The Morgan fingerprint density at radius 3 is 2.52 bits per heavy atom. The average molecular weight is 432 g/mol. The second-order valence-corrected chi connectivity index (χ2v) is 6.40. The first-order valence-electron chi connectivity index (χ1n) is 9.30. The Morgan fingerprint density at radius 2 is 1.87 bits per heavy atom. The molecule has 0 saturated carbocycles. The highest BCUT2D eigenvalue weighted by Gasteiger charge is 2.37. The lowest BCUT2D eigenvalue weighted by Gasteiger charge is -2.23. The minimum absolute atomic E-state index is 0.0374. The predicted molar refractivity (Wildman–Crippen MR) is 104 cm³/mol. The van der Waals surface area contributed by atoms with Crippen LogP contribution in [0.4, 0.5) is 10.5 Å². The van der Waals surface area contributed by atoms with Crippen molar-refractivity contribution in [1.29, 1.82) is 0 Å². The number of esters is 1. The van der Waals surface area contributed by atoms with E-state index in [1.54, 1.807) is 30.3 Å². The van der Waals surface area contributed by atoms with Crippen LogP contribution in [0, 0.1) is 10.1 Å². The molecule has 0 saturated heterocycles. The molecule has 2 atom stereocenters. The van der Waals surface area contributed by atoms with Gasteiger partial charge in [0.1, 0.15) is 12.6 Å². The Labute approximate surface area is 176 Å². The Kier molecular flexibility index (Phi) is 6.88. The second-order valence-electron chi connectivity index (χ2n) is 6.40. The van der Waals surface area contributed by atoms with Crippen molar-refractivity contribution in [3.63, 3.8) is 0 Å². The van der Waals surface area contributed by atoms with Gasteiger partial charge in [-0.3, -0.25) is 10.1 Å². The molecule has 1 aliphatic heterocycles. The minimum atomic E-state index is -1.94. The van der Waals surface area contributed by atoms with Crippen molar-refractivity contribution >= 4 is 17.7 Å². The number of ether oxygens (including phenoxy) is 4. The van der Waals surface area contributed by atoms with E-state index in [1.807, 2.05) is 0 Å². The zero-order valence-electron chi connectivity index (χ0n) is 16.5. The fourth-order valence-electron chi connectivity index (χ4n) is 2.94. The fourth-order valence-corrected chi connectivity index (χ4v) is 2.94. The van der Waals surface area contributed by atoms with Gasteiger partial charge >= 0.3 is 12.1 Å². The van der Waals surface area contributed by atoms with Crippen LogP contribution in [0.5, 0.6) is 11.5 Å². The highest BCUT2D eigenvalue weighted by molar-refractivity contribution is 5.78. The molecule has 0 unspecified atom stereocenters. The van der Waals surface area contributed by atoms with Gasteiger partial charge in [0.05, 0.1) is 23.2 Å². The number of rotatable bonds is 8. The number of carbonyl (C=O) groups excluding carboxylic acids is 2. The van der Waals surface area contributed by atoms with E-state index in [1.165, 1.54) is 13.0 Å². The molecular formula is C20H20N2O9. The summed E-state index contributed by atoms with van der Waals surface area (Å²) in [4.78, 5) is 35.4. The van der Waals surface area contributed by atoms with Gasteiger partial charge in [-0.1, -0.05) is 30.3 Å². The summed E-state index contributed by atoms with van der Waals surface area (Å²) in [6, 6.07) is 9.58. The first-order valence-corrected chi connectivity index (χ1v) is 9.30. The molecule has 1 heterocycles. The van der Waals surface area contributed by atoms with Gasteiger partial charge in [-0.05, 0) is 18.6 Å². The van der Waals surface area contributed by atoms with Crippen LogP contribution in [-0.4, -0.2) is 41.6 Å². The standard InChI is InChI=1S/C20H20N2O9/c1-2-28-19(24)18(23)17(21-20(25)29-10-12-6-4-3-5-7-12)13-8-15-16(31-11-30-15)9-14(13)22(26)27/h3-9,17-18,23H,2,10-11H2,1H3,(H,21,25)/t17-,18+/m0/s1. The van der Waals surface area contributed by atoms with Crippen molar-refractivity contribution in [3.05, 3.63) is 63.7 Å². The van der Waals surface area contributed by atoms with Crippen LogP contribution in [-0.2, 0) is 20.9 Å². The maximum Gasteiger partial charge on any atom is 0.408 e. The maximum absolute atomic E-state index is 12.4. The summed E-state index contributed by atoms with van der Waals surface area (Å²) in [5.74, 6) is -0.768. The lowest BCUT2D eigenvalue weighted by Crippen LogP contribution is -2.41. The first-order chi connectivity index (χ1) is 14.9. The molecule has 11 heteroatoms. The van der Waals surface area contributed by atoms with E-state index in [2.05, 4.69) is 5.32 Å². The third-order valence-corrected chi connectivity index (χ3v) is 4.38. The average Bonchev–Trinajstić information content (AvgIpc) is 3.23. The Morgan fingerprint density at radius 1 is 1.19 bits per heavy atom. The predicted octanol–water partition coefficient (Wildman–Crippen LogP) is 2.21. The largest absolute Gasteiger partial charge is 0.464 e. The number of amides is 1. The third kappa shape index (κ3) is 5.20. The van der Waals surface area contributed by atoms with Crippen LogP contribution < -0.4 is 14.8 Å². The Bertz CT molecular complexity index is 965. The van der Waals surface area contributed by atoms with Crippen molar-refractivity contribution in [3.8, 4) is 11.5 Å². The third-order valence-electron chi connectivity index (χ3n) is 4.38. The molecule has 2 N–H and O–H groups in total. The van der Waals surface area contributed by atoms with Crippen LogP contribution in [0.25, 0.3) is 0 Å². The number of aliphatic hydroxyl groups excluding tert-OH is 1.